The fourth-order valence-electron chi connectivity index (χ4n) is 3.01. The van der Waals surface area contributed by atoms with Crippen molar-refractivity contribution in [2.24, 2.45) is 0 Å². The summed E-state index contributed by atoms with van der Waals surface area (Å²) in [6, 6.07) is 18.1. The molecule has 0 atom stereocenters. The molecule has 0 fully saturated rings. The molecule has 0 saturated carbocycles. The summed E-state index contributed by atoms with van der Waals surface area (Å²) in [4.78, 5) is 23.1. The van der Waals surface area contributed by atoms with Crippen molar-refractivity contribution >= 4 is 17.5 Å². The number of benzene rings is 2. The molecule has 1 amide bonds. The second-order valence-corrected chi connectivity index (χ2v) is 5.97. The maximum absolute atomic E-state index is 12.7. The van der Waals surface area contributed by atoms with Gasteiger partial charge in [-0.15, -0.1) is 0 Å². The maximum atomic E-state index is 12.7. The molecule has 1 aromatic heterocycles. The Balaban J connectivity index is 1.44. The Kier molecular flexibility index (Phi) is 4.12. The van der Waals surface area contributed by atoms with Crippen LogP contribution in [0.15, 0.2) is 67.0 Å². The fourth-order valence-corrected chi connectivity index (χ4v) is 3.01. The lowest BCUT2D eigenvalue weighted by Gasteiger charge is -2.17. The molecule has 124 valence electrons. The van der Waals surface area contributed by atoms with Crippen LogP contribution in [0.4, 0.5) is 11.6 Å². The van der Waals surface area contributed by atoms with E-state index in [9.17, 15) is 4.79 Å². The first kappa shape index (κ1) is 15.3. The van der Waals surface area contributed by atoms with Crippen LogP contribution < -0.4 is 10.2 Å². The zero-order valence-corrected chi connectivity index (χ0v) is 13.7. The molecule has 0 aliphatic carbocycles. The molecule has 5 heteroatoms. The Morgan fingerprint density at radius 3 is 2.52 bits per heavy atom. The predicted octanol–water partition coefficient (Wildman–Crippen LogP) is 3.29. The number of aromatic nitrogens is 2. The number of amides is 1. The summed E-state index contributed by atoms with van der Waals surface area (Å²) in [6.45, 7) is 1.35. The molecule has 5 nitrogen and oxygen atoms in total. The van der Waals surface area contributed by atoms with Crippen LogP contribution in [0.5, 0.6) is 0 Å². The lowest BCUT2D eigenvalue weighted by molar-refractivity contribution is 0.0988. The molecule has 0 unspecified atom stereocenters. The molecule has 4 rings (SSSR count). The van der Waals surface area contributed by atoms with Gasteiger partial charge in [0.05, 0.1) is 5.56 Å². The largest absolute Gasteiger partial charge is 0.350 e. The van der Waals surface area contributed by atoms with Crippen LogP contribution in [-0.2, 0) is 13.0 Å². The van der Waals surface area contributed by atoms with Gasteiger partial charge in [0, 0.05) is 31.2 Å². The van der Waals surface area contributed by atoms with Crippen LogP contribution in [-0.4, -0.2) is 22.4 Å². The van der Waals surface area contributed by atoms with Gasteiger partial charge in [0.15, 0.2) is 0 Å². The predicted molar refractivity (Wildman–Crippen MR) is 97.6 cm³/mol. The molecule has 0 saturated heterocycles. The van der Waals surface area contributed by atoms with Gasteiger partial charge >= 0.3 is 0 Å². The van der Waals surface area contributed by atoms with Crippen LogP contribution in [0.3, 0.4) is 0 Å². The first-order chi connectivity index (χ1) is 12.3. The van der Waals surface area contributed by atoms with E-state index in [4.69, 9.17) is 0 Å². The maximum Gasteiger partial charge on any atom is 0.261 e. The fraction of sp³-hybridized carbons (Fsp3) is 0.150. The van der Waals surface area contributed by atoms with Crippen LogP contribution in [0.1, 0.15) is 21.5 Å². The molecule has 0 spiro atoms. The van der Waals surface area contributed by atoms with Gasteiger partial charge in [-0.3, -0.25) is 4.79 Å². The molecule has 0 bridgehead atoms. The number of anilines is 2. The average Bonchev–Trinajstić information content (AvgIpc) is 3.11. The van der Waals surface area contributed by atoms with Gasteiger partial charge in [0.25, 0.3) is 5.91 Å². The minimum absolute atomic E-state index is 0.0560. The van der Waals surface area contributed by atoms with Gasteiger partial charge in [0.2, 0.25) is 5.95 Å². The molecule has 2 aromatic carbocycles. The lowest BCUT2D eigenvalue weighted by Crippen LogP contribution is -2.29. The number of hydrogen-bond acceptors (Lipinski definition) is 4. The number of hydrogen-bond donors (Lipinski definition) is 1. The molecular formula is C20H18N4O. The molecular weight excluding hydrogens is 312 g/mol. The van der Waals surface area contributed by atoms with Crippen molar-refractivity contribution in [3.05, 3.63) is 83.7 Å². The number of carbonyl (C=O) groups is 1. The van der Waals surface area contributed by atoms with Crippen LogP contribution >= 0.6 is 0 Å². The van der Waals surface area contributed by atoms with E-state index in [1.807, 2.05) is 48.5 Å². The quantitative estimate of drug-likeness (QED) is 0.797. The number of rotatable bonds is 4. The Labute approximate surface area is 146 Å². The summed E-state index contributed by atoms with van der Waals surface area (Å²) >= 11 is 0. The summed E-state index contributed by atoms with van der Waals surface area (Å²) in [5.41, 5.74) is 3.85. The van der Waals surface area contributed by atoms with Crippen molar-refractivity contribution in [1.29, 1.82) is 0 Å². The highest BCUT2D eigenvalue weighted by Crippen LogP contribution is 2.28. The zero-order valence-electron chi connectivity index (χ0n) is 13.7. The summed E-state index contributed by atoms with van der Waals surface area (Å²) in [5, 5.41) is 3.17. The van der Waals surface area contributed by atoms with Gasteiger partial charge in [-0.1, -0.05) is 48.5 Å². The minimum Gasteiger partial charge on any atom is -0.350 e. The monoisotopic (exact) mass is 330 g/mol. The van der Waals surface area contributed by atoms with Gasteiger partial charge in [0.1, 0.15) is 0 Å². The molecule has 2 heterocycles. The summed E-state index contributed by atoms with van der Waals surface area (Å²) in [6.07, 6.45) is 4.06. The highest BCUT2D eigenvalue weighted by atomic mass is 16.2. The Morgan fingerprint density at radius 1 is 1.00 bits per heavy atom. The average molecular weight is 330 g/mol. The third kappa shape index (κ3) is 3.21. The van der Waals surface area contributed by atoms with Crippen molar-refractivity contribution in [3.8, 4) is 0 Å². The SMILES string of the molecule is O=C(c1cnc(NCc2ccccc2)nc1)N1CCc2ccccc21. The van der Waals surface area contributed by atoms with E-state index in [0.717, 1.165) is 17.7 Å². The van der Waals surface area contributed by atoms with E-state index in [0.29, 0.717) is 24.6 Å². The second kappa shape index (κ2) is 6.73. The Hall–Kier alpha value is -3.21. The van der Waals surface area contributed by atoms with Crippen molar-refractivity contribution in [3.63, 3.8) is 0 Å². The molecule has 25 heavy (non-hydrogen) atoms. The summed E-state index contributed by atoms with van der Waals surface area (Å²) in [7, 11) is 0. The van der Waals surface area contributed by atoms with Gasteiger partial charge in [-0.25, -0.2) is 9.97 Å². The standard InChI is InChI=1S/C20H18N4O/c25-19(24-11-10-16-8-4-5-9-18(16)24)17-13-22-20(23-14-17)21-12-15-6-2-1-3-7-15/h1-9,13-14H,10-12H2,(H,21,22,23). The van der Waals surface area contributed by atoms with E-state index in [2.05, 4.69) is 21.4 Å². The van der Waals surface area contributed by atoms with Crippen LogP contribution in [0.25, 0.3) is 0 Å². The van der Waals surface area contributed by atoms with Crippen LogP contribution in [0.2, 0.25) is 0 Å². The highest BCUT2D eigenvalue weighted by Gasteiger charge is 2.25. The topological polar surface area (TPSA) is 58.1 Å². The third-order valence-electron chi connectivity index (χ3n) is 4.32. The normalized spacial score (nSPS) is 12.7. The molecule has 1 aliphatic rings. The Bertz CT molecular complexity index is 878. The highest BCUT2D eigenvalue weighted by molar-refractivity contribution is 6.06. The molecule has 3 aromatic rings. The molecule has 0 radical (unpaired) electrons. The second-order valence-electron chi connectivity index (χ2n) is 5.97. The van der Waals surface area contributed by atoms with Crippen molar-refractivity contribution in [2.45, 2.75) is 13.0 Å². The van der Waals surface area contributed by atoms with Crippen molar-refractivity contribution in [1.82, 2.24) is 9.97 Å². The van der Waals surface area contributed by atoms with Gasteiger partial charge in [-0.2, -0.15) is 0 Å². The van der Waals surface area contributed by atoms with Crippen LogP contribution in [0, 0.1) is 0 Å². The number of nitrogens with zero attached hydrogens (tertiary/aromatic N) is 3. The van der Waals surface area contributed by atoms with E-state index in [1.54, 1.807) is 17.3 Å². The first-order valence-electron chi connectivity index (χ1n) is 8.31. The molecule has 1 aliphatic heterocycles. The summed E-state index contributed by atoms with van der Waals surface area (Å²) in [5.74, 6) is 0.460. The van der Waals surface area contributed by atoms with Crippen molar-refractivity contribution < 1.29 is 4.79 Å². The number of carbonyl (C=O) groups excluding carboxylic acids is 1. The first-order valence-corrected chi connectivity index (χ1v) is 8.31. The Morgan fingerprint density at radius 2 is 1.72 bits per heavy atom. The van der Waals surface area contributed by atoms with E-state index in [-0.39, 0.29) is 5.91 Å². The van der Waals surface area contributed by atoms with E-state index < -0.39 is 0 Å². The smallest absolute Gasteiger partial charge is 0.261 e. The van der Waals surface area contributed by atoms with E-state index in [1.165, 1.54) is 5.56 Å². The summed E-state index contributed by atoms with van der Waals surface area (Å²) < 4.78 is 0. The van der Waals surface area contributed by atoms with E-state index >= 15 is 0 Å². The minimum atomic E-state index is -0.0560. The molecule has 1 N–H and O–H groups in total. The zero-order chi connectivity index (χ0) is 17.1. The third-order valence-corrected chi connectivity index (χ3v) is 4.32. The lowest BCUT2D eigenvalue weighted by atomic mass is 10.2. The van der Waals surface area contributed by atoms with Gasteiger partial charge in [-0.05, 0) is 23.6 Å². The number of nitrogens with one attached hydrogen (secondary N) is 1. The van der Waals surface area contributed by atoms with Crippen molar-refractivity contribution in [2.75, 3.05) is 16.8 Å². The number of para-hydroxylation sites is 1. The number of fused-ring (bicyclic) bond motifs is 1. The van der Waals surface area contributed by atoms with Gasteiger partial charge < -0.3 is 10.2 Å².